The topological polar surface area (TPSA) is 83.2 Å². The van der Waals surface area contributed by atoms with Crippen molar-refractivity contribution in [1.82, 2.24) is 15.0 Å². The SMILES string of the molecule is COc1ccc(-c2c(C)c(C)nc3ncnc(N)c23)c(OC)c1. The molecular weight excluding hydrogens is 292 g/mol. The first-order valence-corrected chi connectivity index (χ1v) is 7.16. The molecule has 0 amide bonds. The van der Waals surface area contributed by atoms with Crippen LogP contribution in [0.25, 0.3) is 22.2 Å². The molecule has 0 atom stereocenters. The Morgan fingerprint density at radius 1 is 1.04 bits per heavy atom. The van der Waals surface area contributed by atoms with E-state index in [2.05, 4.69) is 15.0 Å². The highest BCUT2D eigenvalue weighted by Crippen LogP contribution is 2.40. The van der Waals surface area contributed by atoms with Crippen LogP contribution in [-0.4, -0.2) is 29.2 Å². The van der Waals surface area contributed by atoms with Gasteiger partial charge in [0, 0.05) is 22.9 Å². The van der Waals surface area contributed by atoms with Gasteiger partial charge in [0.25, 0.3) is 0 Å². The predicted octanol–water partition coefficient (Wildman–Crippen LogP) is 2.91. The summed E-state index contributed by atoms with van der Waals surface area (Å²) in [5.41, 5.74) is 10.4. The summed E-state index contributed by atoms with van der Waals surface area (Å²) in [5, 5.41) is 0.735. The Morgan fingerprint density at radius 2 is 1.83 bits per heavy atom. The minimum Gasteiger partial charge on any atom is -0.497 e. The molecule has 0 saturated carbocycles. The van der Waals surface area contributed by atoms with Crippen LogP contribution in [0.4, 0.5) is 5.82 Å². The normalized spacial score (nSPS) is 10.8. The summed E-state index contributed by atoms with van der Waals surface area (Å²) in [7, 11) is 3.25. The standard InChI is InChI=1S/C17H18N4O2/c1-9-10(2)21-17-15(16(18)19-8-20-17)14(9)12-6-5-11(22-3)7-13(12)23-4/h5-8H,1-4H3,(H2,18,19,20,21). The third-order valence-corrected chi connectivity index (χ3v) is 3.98. The lowest BCUT2D eigenvalue weighted by Crippen LogP contribution is -2.02. The van der Waals surface area contributed by atoms with Crippen molar-refractivity contribution in [3.05, 3.63) is 35.8 Å². The Balaban J connectivity index is 2.42. The van der Waals surface area contributed by atoms with Crippen molar-refractivity contribution in [3.63, 3.8) is 0 Å². The summed E-state index contributed by atoms with van der Waals surface area (Å²) in [6.07, 6.45) is 1.43. The third-order valence-electron chi connectivity index (χ3n) is 3.98. The number of pyridine rings is 1. The molecule has 2 heterocycles. The molecule has 3 rings (SSSR count). The van der Waals surface area contributed by atoms with E-state index < -0.39 is 0 Å². The molecule has 3 aromatic rings. The van der Waals surface area contributed by atoms with Crippen molar-refractivity contribution < 1.29 is 9.47 Å². The number of hydrogen-bond acceptors (Lipinski definition) is 6. The molecule has 6 nitrogen and oxygen atoms in total. The van der Waals surface area contributed by atoms with Gasteiger partial charge in [-0.3, -0.25) is 0 Å². The maximum atomic E-state index is 6.10. The van der Waals surface area contributed by atoms with Gasteiger partial charge in [-0.05, 0) is 31.5 Å². The third kappa shape index (κ3) is 2.42. The van der Waals surface area contributed by atoms with Crippen LogP contribution >= 0.6 is 0 Å². The molecule has 6 heteroatoms. The number of nitrogens with zero attached hydrogens (tertiary/aromatic N) is 3. The molecule has 1 aromatic carbocycles. The van der Waals surface area contributed by atoms with Crippen LogP contribution in [0.2, 0.25) is 0 Å². The van der Waals surface area contributed by atoms with Crippen molar-refractivity contribution in [2.75, 3.05) is 20.0 Å². The largest absolute Gasteiger partial charge is 0.497 e. The number of ether oxygens (including phenoxy) is 2. The van der Waals surface area contributed by atoms with Crippen molar-refractivity contribution in [2.24, 2.45) is 0 Å². The Bertz CT molecular complexity index is 893. The number of hydrogen-bond donors (Lipinski definition) is 1. The Kier molecular flexibility index (Phi) is 3.73. The number of aryl methyl sites for hydroxylation is 1. The number of rotatable bonds is 3. The molecule has 0 aliphatic heterocycles. The maximum absolute atomic E-state index is 6.10. The average Bonchev–Trinajstić information content (AvgIpc) is 2.56. The molecule has 0 unspecified atom stereocenters. The molecule has 0 saturated heterocycles. The van der Waals surface area contributed by atoms with Gasteiger partial charge in [0.2, 0.25) is 0 Å². The number of fused-ring (bicyclic) bond motifs is 1. The Morgan fingerprint density at radius 3 is 2.52 bits per heavy atom. The monoisotopic (exact) mass is 310 g/mol. The molecule has 2 aromatic heterocycles. The molecule has 0 aliphatic rings. The van der Waals surface area contributed by atoms with Gasteiger partial charge in [0.05, 0.1) is 19.6 Å². The maximum Gasteiger partial charge on any atom is 0.165 e. The van der Waals surface area contributed by atoms with Gasteiger partial charge in [-0.2, -0.15) is 0 Å². The molecule has 0 spiro atoms. The first kappa shape index (κ1) is 15.0. The fourth-order valence-electron chi connectivity index (χ4n) is 2.67. The number of anilines is 1. The first-order valence-electron chi connectivity index (χ1n) is 7.16. The van der Waals surface area contributed by atoms with Crippen LogP contribution in [0, 0.1) is 13.8 Å². The van der Waals surface area contributed by atoms with E-state index >= 15 is 0 Å². The van der Waals surface area contributed by atoms with E-state index in [1.54, 1.807) is 14.2 Å². The molecule has 0 fully saturated rings. The van der Waals surface area contributed by atoms with Gasteiger partial charge in [-0.25, -0.2) is 15.0 Å². The number of aromatic nitrogens is 3. The van der Waals surface area contributed by atoms with Gasteiger partial charge in [0.15, 0.2) is 5.65 Å². The van der Waals surface area contributed by atoms with E-state index in [1.165, 1.54) is 6.33 Å². The zero-order valence-corrected chi connectivity index (χ0v) is 13.5. The zero-order valence-electron chi connectivity index (χ0n) is 13.5. The van der Waals surface area contributed by atoms with Gasteiger partial charge in [0.1, 0.15) is 23.6 Å². The number of benzene rings is 1. The van der Waals surface area contributed by atoms with E-state index in [0.29, 0.717) is 17.2 Å². The van der Waals surface area contributed by atoms with Crippen LogP contribution in [0.5, 0.6) is 11.5 Å². The van der Waals surface area contributed by atoms with Crippen molar-refractivity contribution in [1.29, 1.82) is 0 Å². The van der Waals surface area contributed by atoms with Gasteiger partial charge in [-0.1, -0.05) is 0 Å². The molecule has 0 radical (unpaired) electrons. The summed E-state index contributed by atoms with van der Waals surface area (Å²) < 4.78 is 10.8. The van der Waals surface area contributed by atoms with E-state index in [4.69, 9.17) is 15.2 Å². The number of methoxy groups -OCH3 is 2. The lowest BCUT2D eigenvalue weighted by Gasteiger charge is -2.16. The summed E-state index contributed by atoms with van der Waals surface area (Å²) in [6, 6.07) is 5.68. The van der Waals surface area contributed by atoms with E-state index in [1.807, 2.05) is 32.0 Å². The highest BCUT2D eigenvalue weighted by atomic mass is 16.5. The van der Waals surface area contributed by atoms with Crippen LogP contribution in [0.15, 0.2) is 24.5 Å². The fraction of sp³-hybridized carbons (Fsp3) is 0.235. The second kappa shape index (κ2) is 5.72. The highest BCUT2D eigenvalue weighted by Gasteiger charge is 2.18. The number of nitrogens with two attached hydrogens (primary N) is 1. The highest BCUT2D eigenvalue weighted by molar-refractivity contribution is 6.02. The average molecular weight is 310 g/mol. The smallest absolute Gasteiger partial charge is 0.165 e. The summed E-state index contributed by atoms with van der Waals surface area (Å²) >= 11 is 0. The quantitative estimate of drug-likeness (QED) is 0.801. The number of nitrogen functional groups attached to an aromatic ring is 1. The van der Waals surface area contributed by atoms with Crippen LogP contribution in [0.3, 0.4) is 0 Å². The lowest BCUT2D eigenvalue weighted by atomic mass is 9.95. The Labute approximate surface area is 134 Å². The lowest BCUT2D eigenvalue weighted by molar-refractivity contribution is 0.395. The molecule has 0 aliphatic carbocycles. The second-order valence-corrected chi connectivity index (χ2v) is 5.22. The van der Waals surface area contributed by atoms with E-state index in [0.717, 1.165) is 33.5 Å². The minimum atomic E-state index is 0.401. The summed E-state index contributed by atoms with van der Waals surface area (Å²) in [6.45, 7) is 3.96. The molecule has 118 valence electrons. The minimum absolute atomic E-state index is 0.401. The first-order chi connectivity index (χ1) is 11.1. The summed E-state index contributed by atoms with van der Waals surface area (Å²) in [5.74, 6) is 1.82. The van der Waals surface area contributed by atoms with Gasteiger partial charge < -0.3 is 15.2 Å². The molecule has 0 bridgehead atoms. The van der Waals surface area contributed by atoms with Gasteiger partial charge >= 0.3 is 0 Å². The molecule has 23 heavy (non-hydrogen) atoms. The van der Waals surface area contributed by atoms with Crippen molar-refractivity contribution in [2.45, 2.75) is 13.8 Å². The van der Waals surface area contributed by atoms with E-state index in [-0.39, 0.29) is 0 Å². The van der Waals surface area contributed by atoms with E-state index in [9.17, 15) is 0 Å². The fourth-order valence-corrected chi connectivity index (χ4v) is 2.67. The molecule has 2 N–H and O–H groups in total. The van der Waals surface area contributed by atoms with Crippen molar-refractivity contribution >= 4 is 16.9 Å². The zero-order chi connectivity index (χ0) is 16.6. The Hall–Kier alpha value is -2.89. The summed E-state index contributed by atoms with van der Waals surface area (Å²) in [4.78, 5) is 12.9. The van der Waals surface area contributed by atoms with Gasteiger partial charge in [-0.15, -0.1) is 0 Å². The van der Waals surface area contributed by atoms with Crippen LogP contribution in [0.1, 0.15) is 11.3 Å². The van der Waals surface area contributed by atoms with Crippen LogP contribution < -0.4 is 15.2 Å². The second-order valence-electron chi connectivity index (χ2n) is 5.22. The van der Waals surface area contributed by atoms with Crippen LogP contribution in [-0.2, 0) is 0 Å². The molecular formula is C17H18N4O2. The van der Waals surface area contributed by atoms with Crippen molar-refractivity contribution in [3.8, 4) is 22.6 Å². The predicted molar refractivity (Wildman–Crippen MR) is 89.8 cm³/mol.